The zero-order valence-corrected chi connectivity index (χ0v) is 14.9. The number of nitrogens with zero attached hydrogens (tertiary/aromatic N) is 1. The highest BCUT2D eigenvalue weighted by Gasteiger charge is 2.15. The Kier molecular flexibility index (Phi) is 6.75. The maximum Gasteiger partial charge on any atom is 0.349 e. The van der Waals surface area contributed by atoms with Gasteiger partial charge in [0.05, 0.1) is 15.8 Å². The molecule has 1 heterocycles. The van der Waals surface area contributed by atoms with E-state index in [0.717, 1.165) is 11.3 Å². The number of carbonyl (C=O) groups is 2. The van der Waals surface area contributed by atoms with E-state index in [0.29, 0.717) is 27.1 Å². The first-order chi connectivity index (χ1) is 12.0. The molecule has 0 aliphatic rings. The van der Waals surface area contributed by atoms with Crippen LogP contribution in [-0.4, -0.2) is 25.0 Å². The van der Waals surface area contributed by atoms with Gasteiger partial charge in [-0.1, -0.05) is 23.7 Å². The molecule has 0 saturated heterocycles. The van der Waals surface area contributed by atoms with E-state index in [1.807, 2.05) is 6.92 Å². The van der Waals surface area contributed by atoms with Gasteiger partial charge >= 0.3 is 5.97 Å². The number of ketones is 1. The minimum Gasteiger partial charge on any atom is -0.494 e. The molecule has 0 fully saturated rings. The van der Waals surface area contributed by atoms with Crippen molar-refractivity contribution in [1.82, 2.24) is 0 Å². The van der Waals surface area contributed by atoms with Gasteiger partial charge in [0.2, 0.25) is 5.78 Å². The highest BCUT2D eigenvalue weighted by molar-refractivity contribution is 7.18. The van der Waals surface area contributed by atoms with Crippen molar-refractivity contribution >= 4 is 40.8 Å². The standard InChI is InChI=1S/C18H14ClNO4S/c1-2-23-14-5-3-12(4-6-14)9-13(10-20)18(22)24-11-15(21)16-7-8-17(19)25-16/h3-9H,2,11H2,1H3/b13-9+. The maximum atomic E-state index is 12.0. The Morgan fingerprint density at radius 3 is 2.52 bits per heavy atom. The lowest BCUT2D eigenvalue weighted by Gasteiger charge is -2.04. The SMILES string of the molecule is CCOc1ccc(/C=C(\C#N)C(=O)OCC(=O)c2ccc(Cl)s2)cc1. The van der Waals surface area contributed by atoms with E-state index in [4.69, 9.17) is 26.3 Å². The van der Waals surface area contributed by atoms with Gasteiger partial charge in [-0.25, -0.2) is 4.79 Å². The molecule has 0 saturated carbocycles. The van der Waals surface area contributed by atoms with Crippen molar-refractivity contribution in [2.75, 3.05) is 13.2 Å². The summed E-state index contributed by atoms with van der Waals surface area (Å²) < 4.78 is 10.7. The van der Waals surface area contributed by atoms with Crippen molar-refractivity contribution in [1.29, 1.82) is 5.26 Å². The second-order valence-electron chi connectivity index (χ2n) is 4.77. The first kappa shape index (κ1) is 18.7. The fourth-order valence-corrected chi connectivity index (χ4v) is 2.84. The zero-order valence-electron chi connectivity index (χ0n) is 13.3. The molecule has 2 rings (SSSR count). The number of hydrogen-bond donors (Lipinski definition) is 0. The average Bonchev–Trinajstić information content (AvgIpc) is 3.05. The number of esters is 1. The van der Waals surface area contributed by atoms with Crippen LogP contribution in [0.3, 0.4) is 0 Å². The summed E-state index contributed by atoms with van der Waals surface area (Å²) in [5.41, 5.74) is 0.453. The van der Waals surface area contributed by atoms with Crippen LogP contribution in [0.1, 0.15) is 22.2 Å². The summed E-state index contributed by atoms with van der Waals surface area (Å²) in [5.74, 6) is -0.531. The summed E-state index contributed by atoms with van der Waals surface area (Å²) in [5, 5.41) is 9.14. The number of rotatable bonds is 7. The first-order valence-corrected chi connectivity index (χ1v) is 8.53. The molecule has 7 heteroatoms. The van der Waals surface area contributed by atoms with Crippen molar-refractivity contribution in [3.05, 3.63) is 56.7 Å². The van der Waals surface area contributed by atoms with Gasteiger partial charge in [0.15, 0.2) is 6.61 Å². The number of thiophene rings is 1. The van der Waals surface area contributed by atoms with E-state index < -0.39 is 12.6 Å². The second-order valence-corrected chi connectivity index (χ2v) is 6.49. The highest BCUT2D eigenvalue weighted by Crippen LogP contribution is 2.22. The summed E-state index contributed by atoms with van der Waals surface area (Å²) in [6.45, 7) is 1.98. The van der Waals surface area contributed by atoms with Gasteiger partial charge in [-0.2, -0.15) is 5.26 Å². The number of ether oxygens (including phenoxy) is 2. The minimum atomic E-state index is -0.854. The molecule has 0 amide bonds. The molecular weight excluding hydrogens is 362 g/mol. The van der Waals surface area contributed by atoms with Crippen molar-refractivity contribution < 1.29 is 19.1 Å². The Labute approximate surface area is 154 Å². The van der Waals surface area contributed by atoms with Crippen LogP contribution in [-0.2, 0) is 9.53 Å². The Balaban J connectivity index is 2.00. The third-order valence-electron chi connectivity index (χ3n) is 3.02. The van der Waals surface area contributed by atoms with Gasteiger partial charge in [0.1, 0.15) is 17.4 Å². The number of Topliss-reactive ketones (excluding diaryl/α,β-unsaturated/α-hetero) is 1. The Morgan fingerprint density at radius 2 is 1.96 bits per heavy atom. The summed E-state index contributed by atoms with van der Waals surface area (Å²) in [7, 11) is 0. The summed E-state index contributed by atoms with van der Waals surface area (Å²) in [6, 6.07) is 11.8. The lowest BCUT2D eigenvalue weighted by Crippen LogP contribution is -2.14. The van der Waals surface area contributed by atoms with E-state index >= 15 is 0 Å². The molecule has 0 radical (unpaired) electrons. The molecule has 0 bridgehead atoms. The van der Waals surface area contributed by atoms with Crippen LogP contribution in [0.15, 0.2) is 42.0 Å². The van der Waals surface area contributed by atoms with Crippen LogP contribution >= 0.6 is 22.9 Å². The Hall–Kier alpha value is -2.62. The molecule has 2 aromatic rings. The fourth-order valence-electron chi connectivity index (χ4n) is 1.87. The Bertz CT molecular complexity index is 834. The van der Waals surface area contributed by atoms with Crippen molar-refractivity contribution in [3.8, 4) is 11.8 Å². The number of halogens is 1. The molecule has 25 heavy (non-hydrogen) atoms. The highest BCUT2D eigenvalue weighted by atomic mass is 35.5. The molecule has 128 valence electrons. The van der Waals surface area contributed by atoms with Gasteiger partial charge in [-0.3, -0.25) is 4.79 Å². The molecule has 5 nitrogen and oxygen atoms in total. The predicted molar refractivity (Wildman–Crippen MR) is 95.8 cm³/mol. The predicted octanol–water partition coefficient (Wildman–Crippen LogP) is 4.13. The van der Waals surface area contributed by atoms with Crippen LogP contribution in [0.4, 0.5) is 0 Å². The molecule has 0 atom stereocenters. The number of hydrogen-bond acceptors (Lipinski definition) is 6. The number of nitriles is 1. The summed E-state index contributed by atoms with van der Waals surface area (Å²) in [4.78, 5) is 24.3. The van der Waals surface area contributed by atoms with Crippen molar-refractivity contribution in [3.63, 3.8) is 0 Å². The lowest BCUT2D eigenvalue weighted by molar-refractivity contribution is -0.137. The molecule has 0 spiro atoms. The normalized spacial score (nSPS) is 10.8. The van der Waals surface area contributed by atoms with Crippen molar-refractivity contribution in [2.45, 2.75) is 6.92 Å². The largest absolute Gasteiger partial charge is 0.494 e. The molecule has 1 aromatic carbocycles. The van der Waals surface area contributed by atoms with E-state index in [9.17, 15) is 9.59 Å². The monoisotopic (exact) mass is 375 g/mol. The average molecular weight is 376 g/mol. The smallest absolute Gasteiger partial charge is 0.349 e. The molecule has 0 N–H and O–H groups in total. The minimum absolute atomic E-state index is 0.193. The van der Waals surface area contributed by atoms with Crippen LogP contribution in [0, 0.1) is 11.3 Å². The third-order valence-corrected chi connectivity index (χ3v) is 4.30. The zero-order chi connectivity index (χ0) is 18.2. The first-order valence-electron chi connectivity index (χ1n) is 7.33. The fraction of sp³-hybridized carbons (Fsp3) is 0.167. The summed E-state index contributed by atoms with van der Waals surface area (Å²) in [6.07, 6.45) is 1.39. The topological polar surface area (TPSA) is 76.4 Å². The molecule has 0 unspecified atom stereocenters. The quantitative estimate of drug-likeness (QED) is 0.314. The van der Waals surface area contributed by atoms with Gasteiger partial charge < -0.3 is 9.47 Å². The summed E-state index contributed by atoms with van der Waals surface area (Å²) >= 11 is 6.86. The van der Waals surface area contributed by atoms with E-state index in [2.05, 4.69) is 0 Å². The molecule has 0 aliphatic heterocycles. The van der Waals surface area contributed by atoms with Crippen LogP contribution in [0.5, 0.6) is 5.75 Å². The van der Waals surface area contributed by atoms with Crippen LogP contribution in [0.25, 0.3) is 6.08 Å². The maximum absolute atomic E-state index is 12.0. The van der Waals surface area contributed by atoms with Gasteiger partial charge in [0, 0.05) is 0 Å². The van der Waals surface area contributed by atoms with E-state index in [-0.39, 0.29) is 11.4 Å². The second kappa shape index (κ2) is 9.02. The van der Waals surface area contributed by atoms with Crippen LogP contribution < -0.4 is 4.74 Å². The lowest BCUT2D eigenvalue weighted by atomic mass is 10.1. The van der Waals surface area contributed by atoms with Crippen LogP contribution in [0.2, 0.25) is 4.34 Å². The van der Waals surface area contributed by atoms with E-state index in [1.54, 1.807) is 42.5 Å². The Morgan fingerprint density at radius 1 is 1.24 bits per heavy atom. The van der Waals surface area contributed by atoms with Crippen molar-refractivity contribution in [2.24, 2.45) is 0 Å². The van der Waals surface area contributed by atoms with Gasteiger partial charge in [-0.05, 0) is 42.8 Å². The van der Waals surface area contributed by atoms with Gasteiger partial charge in [-0.15, -0.1) is 11.3 Å². The molecule has 1 aromatic heterocycles. The van der Waals surface area contributed by atoms with Gasteiger partial charge in [0.25, 0.3) is 0 Å². The van der Waals surface area contributed by atoms with E-state index in [1.165, 1.54) is 6.08 Å². The molecular formula is C18H14ClNO4S. The number of carbonyl (C=O) groups excluding carboxylic acids is 2. The third kappa shape index (κ3) is 5.45. The number of benzene rings is 1. The molecule has 0 aliphatic carbocycles.